The Bertz CT molecular complexity index is 1990. The molecule has 0 aliphatic carbocycles. The van der Waals surface area contributed by atoms with Crippen molar-refractivity contribution in [3.63, 3.8) is 0 Å². The molecule has 3 aromatic carbocycles. The highest BCUT2D eigenvalue weighted by molar-refractivity contribution is 14.1. The number of benzene rings is 3. The van der Waals surface area contributed by atoms with Crippen molar-refractivity contribution in [2.24, 2.45) is 4.99 Å². The van der Waals surface area contributed by atoms with Gasteiger partial charge in [0.15, 0.2) is 27.8 Å². The van der Waals surface area contributed by atoms with E-state index < -0.39 is 12.0 Å². The van der Waals surface area contributed by atoms with E-state index in [4.69, 9.17) is 28.7 Å². The smallest absolute Gasteiger partial charge is 0.338 e. The number of rotatable bonds is 11. The lowest BCUT2D eigenvalue weighted by Gasteiger charge is -2.26. The Kier molecular flexibility index (Phi) is 10.9. The van der Waals surface area contributed by atoms with E-state index in [1.165, 1.54) is 15.9 Å². The lowest BCUT2D eigenvalue weighted by atomic mass is 9.95. The lowest BCUT2D eigenvalue weighted by Crippen LogP contribution is -2.40. The van der Waals surface area contributed by atoms with Crippen LogP contribution in [0.4, 0.5) is 0 Å². The maximum Gasteiger partial charge on any atom is 0.338 e. The second-order valence-corrected chi connectivity index (χ2v) is 13.1. The molecule has 0 saturated carbocycles. The monoisotopic (exact) mass is 818 g/mol. The van der Waals surface area contributed by atoms with Crippen LogP contribution >= 0.6 is 49.9 Å². The number of ether oxygens (including phenoxy) is 5. The van der Waals surface area contributed by atoms with Crippen molar-refractivity contribution >= 4 is 61.9 Å². The van der Waals surface area contributed by atoms with Gasteiger partial charge in [-0.05, 0) is 90.4 Å². The number of hydrogen-bond donors (Lipinski definition) is 0. The summed E-state index contributed by atoms with van der Waals surface area (Å²) < 4.78 is 32.1. The molecule has 0 unspecified atom stereocenters. The molecule has 2 heterocycles. The summed E-state index contributed by atoms with van der Waals surface area (Å²) in [6.45, 7) is 6.37. The zero-order chi connectivity index (χ0) is 33.0. The van der Waals surface area contributed by atoms with Gasteiger partial charge >= 0.3 is 5.97 Å². The summed E-state index contributed by atoms with van der Waals surface area (Å²) in [6, 6.07) is 16.4. The molecule has 1 aliphatic rings. The van der Waals surface area contributed by atoms with Crippen LogP contribution in [0.3, 0.4) is 0 Å². The number of carbonyl (C=O) groups is 1. The number of aromatic nitrogens is 1. The fourth-order valence-corrected chi connectivity index (χ4v) is 7.49. The number of fused-ring (bicyclic) bond motifs is 1. The molecule has 0 amide bonds. The molecule has 1 aromatic heterocycles. The van der Waals surface area contributed by atoms with Gasteiger partial charge in [0.2, 0.25) is 0 Å². The van der Waals surface area contributed by atoms with Crippen LogP contribution < -0.4 is 33.8 Å². The second kappa shape index (κ2) is 14.9. The van der Waals surface area contributed by atoms with Gasteiger partial charge in [-0.2, -0.15) is 0 Å². The molecular weight excluding hydrogens is 787 g/mol. The van der Waals surface area contributed by atoms with Crippen LogP contribution in [0.2, 0.25) is 0 Å². The molecule has 46 heavy (non-hydrogen) atoms. The number of halogens is 2. The van der Waals surface area contributed by atoms with Crippen LogP contribution in [-0.4, -0.2) is 38.0 Å². The molecule has 12 heteroatoms. The summed E-state index contributed by atoms with van der Waals surface area (Å²) in [5, 5.41) is 0. The minimum Gasteiger partial charge on any atom is -0.493 e. The second-order valence-electron chi connectivity index (χ2n) is 10.1. The Morgan fingerprint density at radius 2 is 1.76 bits per heavy atom. The van der Waals surface area contributed by atoms with E-state index in [1.807, 2.05) is 49.4 Å². The first-order valence-corrected chi connectivity index (χ1v) is 17.1. The summed E-state index contributed by atoms with van der Waals surface area (Å²) in [7, 11) is 3.13. The molecule has 0 bridgehead atoms. The molecule has 240 valence electrons. The minimum absolute atomic E-state index is 0.173. The third-order valence-corrected chi connectivity index (χ3v) is 9.64. The van der Waals surface area contributed by atoms with Gasteiger partial charge in [-0.3, -0.25) is 9.36 Å². The summed E-state index contributed by atoms with van der Waals surface area (Å²) in [5.41, 5.74) is 2.84. The molecular formula is C34H32BrIN2O7S. The van der Waals surface area contributed by atoms with Gasteiger partial charge < -0.3 is 23.7 Å². The predicted octanol–water partition coefficient (Wildman–Crippen LogP) is 6.16. The standard InChI is InChI=1S/C34H32BrIN2O7S/c1-6-43-26-17-23(35)22(16-25(26)41-4)30-29(33(40)44-7-2)19(3)37-34-38(30)32(39)28(46-34)15-21-13-24(36)31(27(14-21)42-5)45-18-20-11-9-8-10-12-20/h8-17,30H,6-7,18H2,1-5H3/b28-15+/t30-/m0/s1. The van der Waals surface area contributed by atoms with E-state index in [0.29, 0.717) is 61.3 Å². The average molecular weight is 820 g/mol. The summed E-state index contributed by atoms with van der Waals surface area (Å²) >= 11 is 7.11. The highest BCUT2D eigenvalue weighted by Gasteiger charge is 2.35. The van der Waals surface area contributed by atoms with Gasteiger partial charge in [0.1, 0.15) is 6.61 Å². The first-order valence-electron chi connectivity index (χ1n) is 14.4. The number of methoxy groups -OCH3 is 2. The maximum atomic E-state index is 14.2. The number of thiazole rings is 1. The van der Waals surface area contributed by atoms with Crippen molar-refractivity contribution in [1.82, 2.24) is 4.57 Å². The maximum absolute atomic E-state index is 14.2. The van der Waals surface area contributed by atoms with Crippen molar-refractivity contribution in [3.8, 4) is 23.0 Å². The molecule has 1 atom stereocenters. The molecule has 0 radical (unpaired) electrons. The van der Waals surface area contributed by atoms with Gasteiger partial charge in [0, 0.05) is 4.47 Å². The summed E-state index contributed by atoms with van der Waals surface area (Å²) in [4.78, 5) is 32.7. The highest BCUT2D eigenvalue weighted by Crippen LogP contribution is 2.41. The number of carbonyl (C=O) groups excluding carboxylic acids is 1. The van der Waals surface area contributed by atoms with Crippen LogP contribution in [0, 0.1) is 3.57 Å². The van der Waals surface area contributed by atoms with Crippen LogP contribution in [0.5, 0.6) is 23.0 Å². The molecule has 0 N–H and O–H groups in total. The number of nitrogens with zero attached hydrogens (tertiary/aromatic N) is 2. The Hall–Kier alpha value is -3.62. The van der Waals surface area contributed by atoms with Gasteiger partial charge in [-0.1, -0.05) is 57.6 Å². The topological polar surface area (TPSA) is 97.6 Å². The minimum atomic E-state index is -0.833. The quantitative estimate of drug-likeness (QED) is 0.132. The van der Waals surface area contributed by atoms with E-state index in [2.05, 4.69) is 38.5 Å². The predicted molar refractivity (Wildman–Crippen MR) is 189 cm³/mol. The van der Waals surface area contributed by atoms with Crippen LogP contribution in [0.15, 0.2) is 80.1 Å². The Labute approximate surface area is 292 Å². The van der Waals surface area contributed by atoms with E-state index >= 15 is 0 Å². The molecule has 0 saturated heterocycles. The largest absolute Gasteiger partial charge is 0.493 e. The third-order valence-electron chi connectivity index (χ3n) is 7.17. The molecule has 5 rings (SSSR count). The van der Waals surface area contributed by atoms with Crippen LogP contribution in [0.1, 0.15) is 43.5 Å². The van der Waals surface area contributed by atoms with Gasteiger partial charge in [0.05, 0.1) is 52.8 Å². The molecule has 0 spiro atoms. The zero-order valence-corrected chi connectivity index (χ0v) is 30.4. The van der Waals surface area contributed by atoms with Crippen molar-refractivity contribution in [2.45, 2.75) is 33.4 Å². The molecule has 0 fully saturated rings. The summed E-state index contributed by atoms with van der Waals surface area (Å²) in [6.07, 6.45) is 1.80. The van der Waals surface area contributed by atoms with E-state index in [9.17, 15) is 9.59 Å². The van der Waals surface area contributed by atoms with Crippen molar-refractivity contribution < 1.29 is 28.5 Å². The number of allylic oxidation sites excluding steroid dienone is 1. The van der Waals surface area contributed by atoms with Crippen LogP contribution in [0.25, 0.3) is 6.08 Å². The van der Waals surface area contributed by atoms with Gasteiger partial charge in [0.25, 0.3) is 5.56 Å². The lowest BCUT2D eigenvalue weighted by molar-refractivity contribution is -0.139. The number of hydrogen-bond acceptors (Lipinski definition) is 9. The summed E-state index contributed by atoms with van der Waals surface area (Å²) in [5.74, 6) is 1.62. The van der Waals surface area contributed by atoms with Crippen molar-refractivity contribution in [2.75, 3.05) is 27.4 Å². The van der Waals surface area contributed by atoms with Crippen molar-refractivity contribution in [1.29, 1.82) is 0 Å². The third kappa shape index (κ3) is 6.88. The first kappa shape index (κ1) is 33.7. The first-order chi connectivity index (χ1) is 22.2. The molecule has 4 aromatic rings. The zero-order valence-electron chi connectivity index (χ0n) is 25.9. The Balaban J connectivity index is 1.63. The van der Waals surface area contributed by atoms with Gasteiger partial charge in [-0.15, -0.1) is 0 Å². The van der Waals surface area contributed by atoms with E-state index in [0.717, 1.165) is 14.7 Å². The van der Waals surface area contributed by atoms with Crippen LogP contribution in [-0.2, 0) is 16.1 Å². The highest BCUT2D eigenvalue weighted by atomic mass is 127. The number of esters is 1. The van der Waals surface area contributed by atoms with E-state index in [-0.39, 0.29) is 17.7 Å². The molecule has 1 aliphatic heterocycles. The Morgan fingerprint density at radius 3 is 2.43 bits per heavy atom. The fraction of sp³-hybridized carbons (Fsp3) is 0.265. The Morgan fingerprint density at radius 1 is 1.02 bits per heavy atom. The SMILES string of the molecule is CCOC(=O)C1=C(C)N=c2s/c(=C/c3cc(I)c(OCc4ccccc4)c(OC)c3)c(=O)n2[C@H]1c1cc(OC)c(OCC)cc1Br. The fourth-order valence-electron chi connectivity index (χ4n) is 5.12. The van der Waals surface area contributed by atoms with E-state index in [1.54, 1.807) is 46.3 Å². The normalized spacial score (nSPS) is 14.4. The van der Waals surface area contributed by atoms with Gasteiger partial charge in [-0.25, -0.2) is 9.79 Å². The van der Waals surface area contributed by atoms with Crippen molar-refractivity contribution in [3.05, 3.63) is 110 Å². The average Bonchev–Trinajstić information content (AvgIpc) is 3.34. The molecule has 9 nitrogen and oxygen atoms in total.